The van der Waals surface area contributed by atoms with Gasteiger partial charge in [0, 0.05) is 6.42 Å². The van der Waals surface area contributed by atoms with Crippen LogP contribution >= 0.6 is 0 Å². The van der Waals surface area contributed by atoms with Crippen LogP contribution in [0.2, 0.25) is 0 Å². The van der Waals surface area contributed by atoms with Crippen molar-refractivity contribution >= 4 is 5.97 Å². The number of carbonyl (C=O) groups is 1. The number of carboxylic acids is 1. The first-order chi connectivity index (χ1) is 12.3. The number of nitrogens with zero attached hydrogens (tertiary/aromatic N) is 3. The second kappa shape index (κ2) is 7.00. The van der Waals surface area contributed by atoms with Crippen molar-refractivity contribution in [2.45, 2.75) is 43.0 Å². The molecule has 1 fully saturated rings. The zero-order valence-corrected chi connectivity index (χ0v) is 13.6. The first kappa shape index (κ1) is 18.3. The molecule has 1 aromatic heterocycles. The summed E-state index contributed by atoms with van der Waals surface area (Å²) in [5, 5.41) is 57.0. The van der Waals surface area contributed by atoms with Gasteiger partial charge < -0.3 is 30.3 Å². The van der Waals surface area contributed by atoms with Gasteiger partial charge in [-0.05, 0) is 12.1 Å². The Balaban J connectivity index is 1.76. The van der Waals surface area contributed by atoms with Crippen molar-refractivity contribution in [3.05, 3.63) is 42.2 Å². The topological polar surface area (TPSA) is 158 Å². The van der Waals surface area contributed by atoms with Crippen LogP contribution in [0.4, 0.5) is 0 Å². The minimum Gasteiger partial charge on any atom is -0.487 e. The lowest BCUT2D eigenvalue weighted by atomic mass is 9.76. The SMILES string of the molecule is O=C(O)[C@]1(O)C[C@H](n2cc(COc3ccccc3)nn2)[C@@H](O)[C@H](O)[C@@H]1O. The molecule has 1 aromatic carbocycles. The normalized spacial score (nSPS) is 31.5. The molecule has 0 unspecified atom stereocenters. The Bertz CT molecular complexity index is 768. The van der Waals surface area contributed by atoms with Crippen molar-refractivity contribution in [3.63, 3.8) is 0 Å². The van der Waals surface area contributed by atoms with Crippen LogP contribution in [-0.2, 0) is 11.4 Å². The van der Waals surface area contributed by atoms with Crippen LogP contribution in [0.5, 0.6) is 5.75 Å². The van der Waals surface area contributed by atoms with Crippen LogP contribution in [0.3, 0.4) is 0 Å². The Kier molecular flexibility index (Phi) is 4.92. The highest BCUT2D eigenvalue weighted by Crippen LogP contribution is 2.36. The van der Waals surface area contributed by atoms with E-state index in [-0.39, 0.29) is 6.61 Å². The first-order valence-electron chi connectivity index (χ1n) is 7.91. The molecule has 0 aliphatic heterocycles. The quantitative estimate of drug-likeness (QED) is 0.434. The summed E-state index contributed by atoms with van der Waals surface area (Å²) >= 11 is 0. The smallest absolute Gasteiger partial charge is 0.338 e. The lowest BCUT2D eigenvalue weighted by molar-refractivity contribution is -0.215. The van der Waals surface area contributed by atoms with E-state index in [4.69, 9.17) is 4.74 Å². The predicted molar refractivity (Wildman–Crippen MR) is 85.1 cm³/mol. The largest absolute Gasteiger partial charge is 0.487 e. The molecular formula is C16H19N3O7. The van der Waals surface area contributed by atoms with Crippen molar-refractivity contribution in [1.29, 1.82) is 0 Å². The number of aliphatic hydroxyl groups is 4. The Morgan fingerprint density at radius 1 is 1.23 bits per heavy atom. The molecule has 5 atom stereocenters. The molecule has 0 spiro atoms. The van der Waals surface area contributed by atoms with Crippen LogP contribution in [-0.4, -0.2) is 70.4 Å². The summed E-state index contributed by atoms with van der Waals surface area (Å²) in [6.07, 6.45) is -4.55. The van der Waals surface area contributed by atoms with Gasteiger partial charge in [0.15, 0.2) is 5.60 Å². The van der Waals surface area contributed by atoms with Crippen molar-refractivity contribution in [1.82, 2.24) is 15.0 Å². The maximum Gasteiger partial charge on any atom is 0.338 e. The minimum absolute atomic E-state index is 0.0845. The van der Waals surface area contributed by atoms with Crippen molar-refractivity contribution in [2.24, 2.45) is 0 Å². The van der Waals surface area contributed by atoms with Crippen LogP contribution < -0.4 is 4.74 Å². The maximum atomic E-state index is 11.3. The number of para-hydroxylation sites is 1. The summed E-state index contributed by atoms with van der Waals surface area (Å²) in [5.74, 6) is -1.08. The fourth-order valence-corrected chi connectivity index (χ4v) is 2.94. The van der Waals surface area contributed by atoms with E-state index in [1.54, 1.807) is 12.1 Å². The molecule has 1 aliphatic rings. The van der Waals surface area contributed by atoms with Gasteiger partial charge in [0.1, 0.15) is 36.4 Å². The van der Waals surface area contributed by atoms with Gasteiger partial charge in [-0.2, -0.15) is 0 Å². The van der Waals surface area contributed by atoms with Crippen molar-refractivity contribution in [3.8, 4) is 5.75 Å². The van der Waals surface area contributed by atoms with Gasteiger partial charge in [-0.1, -0.05) is 23.4 Å². The van der Waals surface area contributed by atoms with Gasteiger partial charge in [-0.3, -0.25) is 0 Å². The van der Waals surface area contributed by atoms with E-state index in [1.807, 2.05) is 18.2 Å². The van der Waals surface area contributed by atoms with Gasteiger partial charge in [0.2, 0.25) is 0 Å². The first-order valence-corrected chi connectivity index (χ1v) is 7.91. The number of aliphatic hydroxyl groups excluding tert-OH is 3. The molecule has 5 N–H and O–H groups in total. The Labute approximate surface area is 147 Å². The summed E-state index contributed by atoms with van der Waals surface area (Å²) in [7, 11) is 0. The highest BCUT2D eigenvalue weighted by molar-refractivity contribution is 5.78. The molecule has 0 amide bonds. The van der Waals surface area contributed by atoms with Crippen LogP contribution in [0.25, 0.3) is 0 Å². The van der Waals surface area contributed by atoms with E-state index in [1.165, 1.54) is 6.20 Å². The van der Waals surface area contributed by atoms with Crippen LogP contribution in [0.1, 0.15) is 18.2 Å². The Hall–Kier alpha value is -2.53. The standard InChI is InChI=1S/C16H19N3O7/c20-12-11(6-16(25,15(23)24)14(22)13(12)21)19-7-9(17-18-19)8-26-10-4-2-1-3-5-10/h1-5,7,11-14,20-22,25H,6,8H2,(H,23,24)/t11-,12+,13-,14-,16-/m0/s1. The van der Waals surface area contributed by atoms with E-state index in [9.17, 15) is 30.3 Å². The molecule has 1 heterocycles. The number of rotatable bonds is 5. The molecule has 140 valence electrons. The lowest BCUT2D eigenvalue weighted by Gasteiger charge is -2.43. The highest BCUT2D eigenvalue weighted by atomic mass is 16.5. The van der Waals surface area contributed by atoms with Gasteiger partial charge in [-0.15, -0.1) is 5.10 Å². The average molecular weight is 365 g/mol. The number of aromatic nitrogens is 3. The molecule has 1 aliphatic carbocycles. The monoisotopic (exact) mass is 365 g/mol. The van der Waals surface area contributed by atoms with Gasteiger partial charge in [-0.25, -0.2) is 9.48 Å². The van der Waals surface area contributed by atoms with Crippen molar-refractivity contribution < 1.29 is 35.1 Å². The highest BCUT2D eigenvalue weighted by Gasteiger charge is 2.56. The molecule has 0 bridgehead atoms. The van der Waals surface area contributed by atoms with E-state index in [0.29, 0.717) is 11.4 Å². The predicted octanol–water partition coefficient (Wildman–Crippen LogP) is -1.30. The number of aliphatic carboxylic acids is 1. The molecule has 10 heteroatoms. The molecule has 10 nitrogen and oxygen atoms in total. The molecule has 26 heavy (non-hydrogen) atoms. The third-order valence-electron chi connectivity index (χ3n) is 4.48. The fraction of sp³-hybridized carbons (Fsp3) is 0.438. The number of hydrogen-bond donors (Lipinski definition) is 5. The summed E-state index contributed by atoms with van der Waals surface area (Å²) < 4.78 is 6.68. The van der Waals surface area contributed by atoms with Crippen LogP contribution in [0, 0.1) is 0 Å². The lowest BCUT2D eigenvalue weighted by Crippen LogP contribution is -2.64. The van der Waals surface area contributed by atoms with Crippen LogP contribution in [0.15, 0.2) is 36.5 Å². The second-order valence-electron chi connectivity index (χ2n) is 6.22. The van der Waals surface area contributed by atoms with Gasteiger partial charge >= 0.3 is 5.97 Å². The molecule has 2 aromatic rings. The van der Waals surface area contributed by atoms with E-state index >= 15 is 0 Å². The molecule has 1 saturated carbocycles. The minimum atomic E-state index is -2.62. The van der Waals surface area contributed by atoms with E-state index < -0.39 is 42.3 Å². The van der Waals surface area contributed by atoms with Gasteiger partial charge in [0.25, 0.3) is 0 Å². The van der Waals surface area contributed by atoms with Gasteiger partial charge in [0.05, 0.1) is 12.2 Å². The third kappa shape index (κ3) is 3.27. The maximum absolute atomic E-state index is 11.3. The molecule has 0 radical (unpaired) electrons. The molecular weight excluding hydrogens is 346 g/mol. The zero-order valence-electron chi connectivity index (χ0n) is 13.6. The molecule has 3 rings (SSSR count). The number of benzene rings is 1. The third-order valence-corrected chi connectivity index (χ3v) is 4.48. The fourth-order valence-electron chi connectivity index (χ4n) is 2.94. The van der Waals surface area contributed by atoms with Crippen molar-refractivity contribution in [2.75, 3.05) is 0 Å². The molecule has 0 saturated heterocycles. The second-order valence-corrected chi connectivity index (χ2v) is 6.22. The Morgan fingerprint density at radius 3 is 2.58 bits per heavy atom. The number of ether oxygens (including phenoxy) is 1. The summed E-state index contributed by atoms with van der Waals surface area (Å²) in [6.45, 7) is 0.0845. The summed E-state index contributed by atoms with van der Waals surface area (Å²) in [4.78, 5) is 11.3. The van der Waals surface area contributed by atoms with E-state index in [0.717, 1.165) is 4.68 Å². The Morgan fingerprint density at radius 2 is 1.92 bits per heavy atom. The number of carboxylic acid groups (broad SMARTS) is 1. The summed E-state index contributed by atoms with van der Waals surface area (Å²) in [6, 6.07) is 7.90. The average Bonchev–Trinajstić information content (AvgIpc) is 3.11. The van der Waals surface area contributed by atoms with E-state index in [2.05, 4.69) is 10.3 Å². The zero-order chi connectivity index (χ0) is 18.9. The summed E-state index contributed by atoms with van der Waals surface area (Å²) in [5.41, 5.74) is -2.21. The number of hydrogen-bond acceptors (Lipinski definition) is 8.